The highest BCUT2D eigenvalue weighted by Gasteiger charge is 2.17. The van der Waals surface area contributed by atoms with Crippen molar-refractivity contribution in [3.05, 3.63) is 39.7 Å². The SMILES string of the molecule is COc1cc(Br)cc(NS(=O)(=O)c2ccc(CCO)s2)c1. The van der Waals surface area contributed by atoms with Gasteiger partial charge in [-0.2, -0.15) is 0 Å². The van der Waals surface area contributed by atoms with E-state index in [1.54, 1.807) is 24.3 Å². The first kappa shape index (κ1) is 16.3. The van der Waals surface area contributed by atoms with Gasteiger partial charge in [0.15, 0.2) is 0 Å². The Kier molecular flexibility index (Phi) is 5.26. The molecule has 0 aliphatic carbocycles. The number of aliphatic hydroxyl groups is 1. The van der Waals surface area contributed by atoms with E-state index in [2.05, 4.69) is 20.7 Å². The van der Waals surface area contributed by atoms with Crippen LogP contribution in [0.1, 0.15) is 4.88 Å². The zero-order valence-corrected chi connectivity index (χ0v) is 14.4. The summed E-state index contributed by atoms with van der Waals surface area (Å²) < 4.78 is 33.2. The second-order valence-electron chi connectivity index (χ2n) is 4.18. The fourth-order valence-electron chi connectivity index (χ4n) is 1.69. The lowest BCUT2D eigenvalue weighted by atomic mass is 10.3. The van der Waals surface area contributed by atoms with Crippen molar-refractivity contribution in [1.29, 1.82) is 0 Å². The van der Waals surface area contributed by atoms with Crippen LogP contribution in [0.25, 0.3) is 0 Å². The quantitative estimate of drug-likeness (QED) is 0.793. The van der Waals surface area contributed by atoms with E-state index in [9.17, 15) is 8.42 Å². The number of rotatable bonds is 6. The van der Waals surface area contributed by atoms with E-state index in [4.69, 9.17) is 9.84 Å². The Bertz CT molecular complexity index is 728. The maximum absolute atomic E-state index is 12.3. The van der Waals surface area contributed by atoms with Crippen LogP contribution in [0.3, 0.4) is 0 Å². The lowest BCUT2D eigenvalue weighted by Crippen LogP contribution is -2.11. The maximum Gasteiger partial charge on any atom is 0.271 e. The topological polar surface area (TPSA) is 75.6 Å². The minimum atomic E-state index is -3.64. The molecule has 1 heterocycles. The number of anilines is 1. The average molecular weight is 392 g/mol. The molecule has 2 rings (SSSR count). The molecule has 2 aromatic rings. The standard InChI is InChI=1S/C13H14BrNO4S2/c1-19-11-7-9(14)6-10(8-11)15-21(17,18)13-3-2-12(20-13)4-5-16/h2-3,6-8,15-16H,4-5H2,1H3. The van der Waals surface area contributed by atoms with Gasteiger partial charge in [-0.15, -0.1) is 11.3 Å². The highest BCUT2D eigenvalue weighted by atomic mass is 79.9. The van der Waals surface area contributed by atoms with Crippen LogP contribution in [-0.4, -0.2) is 27.2 Å². The van der Waals surface area contributed by atoms with Crippen molar-refractivity contribution in [3.63, 3.8) is 0 Å². The molecule has 0 fully saturated rings. The van der Waals surface area contributed by atoms with Crippen molar-refractivity contribution >= 4 is 43.0 Å². The lowest BCUT2D eigenvalue weighted by molar-refractivity contribution is 0.300. The first-order chi connectivity index (χ1) is 9.94. The molecule has 0 saturated carbocycles. The van der Waals surface area contributed by atoms with E-state index < -0.39 is 10.0 Å². The molecule has 0 unspecified atom stereocenters. The summed E-state index contributed by atoms with van der Waals surface area (Å²) in [6.45, 7) is -0.00371. The molecule has 0 aliphatic heterocycles. The molecule has 2 N–H and O–H groups in total. The Morgan fingerprint density at radius 1 is 1.33 bits per heavy atom. The summed E-state index contributed by atoms with van der Waals surface area (Å²) in [5, 5.41) is 8.88. The number of thiophene rings is 1. The number of hydrogen-bond donors (Lipinski definition) is 2. The highest BCUT2D eigenvalue weighted by molar-refractivity contribution is 9.10. The van der Waals surface area contributed by atoms with Crippen LogP contribution in [0.15, 0.2) is 39.0 Å². The summed E-state index contributed by atoms with van der Waals surface area (Å²) in [5.74, 6) is 0.550. The van der Waals surface area contributed by atoms with Gasteiger partial charge in [-0.25, -0.2) is 8.42 Å². The van der Waals surface area contributed by atoms with Crippen LogP contribution in [-0.2, 0) is 16.4 Å². The first-order valence-electron chi connectivity index (χ1n) is 6.01. The number of aliphatic hydroxyl groups excluding tert-OH is 1. The average Bonchev–Trinajstić information content (AvgIpc) is 2.87. The molecule has 0 spiro atoms. The summed E-state index contributed by atoms with van der Waals surface area (Å²) in [4.78, 5) is 0.824. The number of hydrogen-bond acceptors (Lipinski definition) is 5. The van der Waals surface area contributed by atoms with Crippen LogP contribution in [0.2, 0.25) is 0 Å². The smallest absolute Gasteiger partial charge is 0.271 e. The van der Waals surface area contributed by atoms with Gasteiger partial charge < -0.3 is 9.84 Å². The van der Waals surface area contributed by atoms with Crippen LogP contribution < -0.4 is 9.46 Å². The monoisotopic (exact) mass is 391 g/mol. The van der Waals surface area contributed by atoms with Crippen molar-refractivity contribution in [2.45, 2.75) is 10.6 Å². The van der Waals surface area contributed by atoms with Crippen molar-refractivity contribution in [3.8, 4) is 5.75 Å². The van der Waals surface area contributed by atoms with Crippen LogP contribution >= 0.6 is 27.3 Å². The number of methoxy groups -OCH3 is 1. The minimum Gasteiger partial charge on any atom is -0.497 e. The van der Waals surface area contributed by atoms with E-state index >= 15 is 0 Å². The summed E-state index contributed by atoms with van der Waals surface area (Å²) in [6.07, 6.45) is 0.449. The van der Waals surface area contributed by atoms with Gasteiger partial charge in [0.1, 0.15) is 9.96 Å². The number of nitrogens with one attached hydrogen (secondary N) is 1. The zero-order valence-electron chi connectivity index (χ0n) is 11.2. The molecule has 1 aromatic heterocycles. The zero-order chi connectivity index (χ0) is 15.5. The number of ether oxygens (including phenoxy) is 1. The third-order valence-electron chi connectivity index (χ3n) is 2.62. The Morgan fingerprint density at radius 3 is 2.76 bits per heavy atom. The molecule has 114 valence electrons. The number of sulfonamides is 1. The van der Waals surface area contributed by atoms with Crippen LogP contribution in [0, 0.1) is 0 Å². The molecule has 0 amide bonds. The molecule has 0 saturated heterocycles. The van der Waals surface area contributed by atoms with Gasteiger partial charge in [-0.3, -0.25) is 4.72 Å². The molecule has 5 nitrogen and oxygen atoms in total. The third-order valence-corrected chi connectivity index (χ3v) is 6.10. The molecular formula is C13H14BrNO4S2. The van der Waals surface area contributed by atoms with E-state index in [0.717, 1.165) is 16.2 Å². The molecule has 0 bridgehead atoms. The van der Waals surface area contributed by atoms with Gasteiger partial charge in [0.05, 0.1) is 12.8 Å². The van der Waals surface area contributed by atoms with Crippen molar-refractivity contribution in [2.75, 3.05) is 18.4 Å². The Morgan fingerprint density at radius 2 is 2.10 bits per heavy atom. The van der Waals surface area contributed by atoms with E-state index in [1.807, 2.05) is 0 Å². The Balaban J connectivity index is 2.26. The molecule has 8 heteroatoms. The highest BCUT2D eigenvalue weighted by Crippen LogP contribution is 2.28. The molecule has 0 aliphatic rings. The largest absolute Gasteiger partial charge is 0.497 e. The third kappa shape index (κ3) is 4.19. The van der Waals surface area contributed by atoms with Gasteiger partial charge >= 0.3 is 0 Å². The van der Waals surface area contributed by atoms with Crippen molar-refractivity contribution < 1.29 is 18.3 Å². The van der Waals surface area contributed by atoms with Crippen LogP contribution in [0.4, 0.5) is 5.69 Å². The molecule has 0 atom stereocenters. The molecule has 0 radical (unpaired) electrons. The summed E-state index contributed by atoms with van der Waals surface area (Å²) in [5.41, 5.74) is 0.415. The van der Waals surface area contributed by atoms with Gasteiger partial charge in [0, 0.05) is 28.4 Å². The minimum absolute atomic E-state index is 0.00371. The van der Waals surface area contributed by atoms with Crippen molar-refractivity contribution in [2.24, 2.45) is 0 Å². The van der Waals surface area contributed by atoms with E-state index in [1.165, 1.54) is 13.2 Å². The van der Waals surface area contributed by atoms with Crippen LogP contribution in [0.5, 0.6) is 5.75 Å². The summed E-state index contributed by atoms with van der Waals surface area (Å²) >= 11 is 4.45. The van der Waals surface area contributed by atoms with Crippen molar-refractivity contribution in [1.82, 2.24) is 0 Å². The predicted molar refractivity (Wildman–Crippen MR) is 86.6 cm³/mol. The lowest BCUT2D eigenvalue weighted by Gasteiger charge is -2.08. The number of halogens is 1. The summed E-state index contributed by atoms with van der Waals surface area (Å²) in [6, 6.07) is 8.24. The predicted octanol–water partition coefficient (Wildman–Crippen LogP) is 2.85. The van der Waals surface area contributed by atoms with Gasteiger partial charge in [0.2, 0.25) is 0 Å². The van der Waals surface area contributed by atoms with E-state index in [-0.39, 0.29) is 10.8 Å². The Hall–Kier alpha value is -1.09. The normalized spacial score (nSPS) is 11.4. The Labute approximate surface area is 135 Å². The maximum atomic E-state index is 12.3. The fraction of sp³-hybridized carbons (Fsp3) is 0.231. The van der Waals surface area contributed by atoms with Gasteiger partial charge in [0.25, 0.3) is 10.0 Å². The van der Waals surface area contributed by atoms with E-state index in [0.29, 0.717) is 22.3 Å². The molecule has 1 aromatic carbocycles. The van der Waals surface area contributed by atoms with Gasteiger partial charge in [-0.1, -0.05) is 15.9 Å². The molecular weight excluding hydrogens is 378 g/mol. The second-order valence-corrected chi connectivity index (χ2v) is 8.17. The van der Waals surface area contributed by atoms with Gasteiger partial charge in [-0.05, 0) is 24.3 Å². The second kappa shape index (κ2) is 6.78. The number of benzene rings is 1. The fourth-order valence-corrected chi connectivity index (χ4v) is 4.55. The summed E-state index contributed by atoms with van der Waals surface area (Å²) in [7, 11) is -2.13. The molecule has 21 heavy (non-hydrogen) atoms. The first-order valence-corrected chi connectivity index (χ1v) is 9.11.